The van der Waals surface area contributed by atoms with Gasteiger partial charge < -0.3 is 5.11 Å². The van der Waals surface area contributed by atoms with Gasteiger partial charge in [0, 0.05) is 16.0 Å². The zero-order valence-electron chi connectivity index (χ0n) is 10.4. The molecule has 1 aromatic heterocycles. The Hall–Kier alpha value is -1.42. The van der Waals surface area contributed by atoms with E-state index in [0.29, 0.717) is 9.63 Å². The molecule has 2 nitrogen and oxygen atoms in total. The van der Waals surface area contributed by atoms with E-state index < -0.39 is 6.10 Å². The first-order chi connectivity index (χ1) is 9.65. The molecule has 0 amide bonds. The SMILES string of the molecule is OC(c1ccccc1)c1cc2cc(Cl)ccc2nc1Br. The third kappa shape index (κ3) is 2.57. The van der Waals surface area contributed by atoms with Crippen molar-refractivity contribution in [3.05, 3.63) is 75.4 Å². The summed E-state index contributed by atoms with van der Waals surface area (Å²) in [4.78, 5) is 4.46. The standard InChI is InChI=1S/C16H11BrClNO/c17-16-13(15(20)10-4-2-1-3-5-10)9-11-8-12(18)6-7-14(11)19-16/h1-9,15,20H. The molecule has 0 aliphatic heterocycles. The Morgan fingerprint density at radius 1 is 1.05 bits per heavy atom. The van der Waals surface area contributed by atoms with Gasteiger partial charge in [-0.2, -0.15) is 0 Å². The van der Waals surface area contributed by atoms with Crippen molar-refractivity contribution in [3.8, 4) is 0 Å². The third-order valence-corrected chi connectivity index (χ3v) is 4.04. The maximum atomic E-state index is 10.5. The van der Waals surface area contributed by atoms with Crippen LogP contribution in [0.1, 0.15) is 17.2 Å². The second kappa shape index (κ2) is 5.52. The van der Waals surface area contributed by atoms with E-state index in [2.05, 4.69) is 20.9 Å². The number of aromatic nitrogens is 1. The first-order valence-electron chi connectivity index (χ1n) is 6.14. The van der Waals surface area contributed by atoms with Gasteiger partial charge in [-0.15, -0.1) is 0 Å². The van der Waals surface area contributed by atoms with Crippen LogP contribution in [0.3, 0.4) is 0 Å². The summed E-state index contributed by atoms with van der Waals surface area (Å²) >= 11 is 9.44. The predicted molar refractivity (Wildman–Crippen MR) is 85.0 cm³/mol. The summed E-state index contributed by atoms with van der Waals surface area (Å²) in [6.45, 7) is 0. The molecule has 1 unspecified atom stereocenters. The quantitative estimate of drug-likeness (QED) is 0.679. The van der Waals surface area contributed by atoms with Gasteiger partial charge in [0.05, 0.1) is 5.52 Å². The highest BCUT2D eigenvalue weighted by Gasteiger charge is 2.15. The second-order valence-electron chi connectivity index (χ2n) is 4.52. The number of hydrogen-bond donors (Lipinski definition) is 1. The summed E-state index contributed by atoms with van der Waals surface area (Å²) in [5, 5.41) is 12.1. The molecule has 1 heterocycles. The van der Waals surface area contributed by atoms with Gasteiger partial charge in [-0.3, -0.25) is 0 Å². The molecule has 1 atom stereocenters. The molecule has 0 radical (unpaired) electrons. The minimum absolute atomic E-state index is 0.642. The van der Waals surface area contributed by atoms with Crippen molar-refractivity contribution >= 4 is 38.4 Å². The molecular formula is C16H11BrClNO. The summed E-state index contributed by atoms with van der Waals surface area (Å²) in [6.07, 6.45) is -0.721. The summed E-state index contributed by atoms with van der Waals surface area (Å²) in [6, 6.07) is 16.9. The van der Waals surface area contributed by atoms with Crippen molar-refractivity contribution in [3.63, 3.8) is 0 Å². The van der Waals surface area contributed by atoms with Gasteiger partial charge >= 0.3 is 0 Å². The van der Waals surface area contributed by atoms with Gasteiger partial charge in [0.15, 0.2) is 0 Å². The fraction of sp³-hybridized carbons (Fsp3) is 0.0625. The fourth-order valence-electron chi connectivity index (χ4n) is 2.15. The number of nitrogens with zero attached hydrogens (tertiary/aromatic N) is 1. The summed E-state index contributed by atoms with van der Waals surface area (Å²) < 4.78 is 0.642. The summed E-state index contributed by atoms with van der Waals surface area (Å²) in [7, 11) is 0. The number of hydrogen-bond acceptors (Lipinski definition) is 2. The number of fused-ring (bicyclic) bond motifs is 1. The monoisotopic (exact) mass is 347 g/mol. The maximum absolute atomic E-state index is 10.5. The number of benzene rings is 2. The van der Waals surface area contributed by atoms with E-state index in [1.54, 1.807) is 6.07 Å². The largest absolute Gasteiger partial charge is 0.384 e. The lowest BCUT2D eigenvalue weighted by atomic mass is 10.0. The highest BCUT2D eigenvalue weighted by Crippen LogP contribution is 2.31. The van der Waals surface area contributed by atoms with Crippen molar-refractivity contribution < 1.29 is 5.11 Å². The first kappa shape index (κ1) is 13.6. The molecule has 3 aromatic rings. The zero-order chi connectivity index (χ0) is 14.1. The smallest absolute Gasteiger partial charge is 0.112 e. The van der Waals surface area contributed by atoms with E-state index in [4.69, 9.17) is 11.6 Å². The minimum Gasteiger partial charge on any atom is -0.384 e. The van der Waals surface area contributed by atoms with Gasteiger partial charge in [0.25, 0.3) is 0 Å². The van der Waals surface area contributed by atoms with E-state index in [0.717, 1.165) is 22.0 Å². The Labute approximate surface area is 130 Å². The first-order valence-corrected chi connectivity index (χ1v) is 7.31. The van der Waals surface area contributed by atoms with Gasteiger partial charge in [0.2, 0.25) is 0 Å². The lowest BCUT2D eigenvalue weighted by Crippen LogP contribution is -2.02. The molecule has 2 aromatic carbocycles. The molecule has 20 heavy (non-hydrogen) atoms. The minimum atomic E-state index is -0.721. The molecule has 100 valence electrons. The van der Waals surface area contributed by atoms with E-state index in [1.165, 1.54) is 0 Å². The van der Waals surface area contributed by atoms with E-state index >= 15 is 0 Å². The third-order valence-electron chi connectivity index (χ3n) is 3.17. The van der Waals surface area contributed by atoms with Crippen LogP contribution in [0.2, 0.25) is 5.02 Å². The van der Waals surface area contributed by atoms with Crippen LogP contribution < -0.4 is 0 Å². The van der Waals surface area contributed by atoms with Crippen molar-refractivity contribution in [1.29, 1.82) is 0 Å². The van der Waals surface area contributed by atoms with E-state index in [9.17, 15) is 5.11 Å². The molecule has 0 aliphatic carbocycles. The van der Waals surface area contributed by atoms with E-state index in [-0.39, 0.29) is 0 Å². The van der Waals surface area contributed by atoms with Crippen LogP contribution in [0, 0.1) is 0 Å². The molecule has 1 N–H and O–H groups in total. The van der Waals surface area contributed by atoms with Crippen LogP contribution in [-0.4, -0.2) is 10.1 Å². The second-order valence-corrected chi connectivity index (χ2v) is 5.71. The van der Waals surface area contributed by atoms with Crippen LogP contribution in [0.15, 0.2) is 59.2 Å². The molecule has 0 fully saturated rings. The van der Waals surface area contributed by atoms with E-state index in [1.807, 2.05) is 48.5 Å². The van der Waals surface area contributed by atoms with Gasteiger partial charge in [-0.1, -0.05) is 41.9 Å². The Bertz CT molecular complexity index is 761. The number of pyridine rings is 1. The van der Waals surface area contributed by atoms with Crippen molar-refractivity contribution in [1.82, 2.24) is 4.98 Å². The highest BCUT2D eigenvalue weighted by molar-refractivity contribution is 9.10. The van der Waals surface area contributed by atoms with Crippen molar-refractivity contribution in [2.75, 3.05) is 0 Å². The average molecular weight is 349 g/mol. The molecule has 0 spiro atoms. The average Bonchev–Trinajstić information content (AvgIpc) is 2.47. The zero-order valence-corrected chi connectivity index (χ0v) is 12.8. The van der Waals surface area contributed by atoms with Crippen LogP contribution in [0.4, 0.5) is 0 Å². The molecule has 0 saturated heterocycles. The van der Waals surface area contributed by atoms with Gasteiger partial charge in [-0.05, 0) is 45.8 Å². The topological polar surface area (TPSA) is 33.1 Å². The predicted octanol–water partition coefficient (Wildman–Crippen LogP) is 4.73. The molecule has 0 aliphatic rings. The number of aliphatic hydroxyl groups excluding tert-OH is 1. The van der Waals surface area contributed by atoms with Crippen molar-refractivity contribution in [2.24, 2.45) is 0 Å². The Kier molecular flexibility index (Phi) is 3.74. The summed E-state index contributed by atoms with van der Waals surface area (Å²) in [5.74, 6) is 0. The lowest BCUT2D eigenvalue weighted by molar-refractivity contribution is 0.219. The highest BCUT2D eigenvalue weighted by atomic mass is 79.9. The molecule has 4 heteroatoms. The van der Waals surface area contributed by atoms with Crippen LogP contribution in [0.5, 0.6) is 0 Å². The Balaban J connectivity index is 2.13. The van der Waals surface area contributed by atoms with Crippen molar-refractivity contribution in [2.45, 2.75) is 6.10 Å². The van der Waals surface area contributed by atoms with Crippen LogP contribution >= 0.6 is 27.5 Å². The molecule has 0 saturated carbocycles. The van der Waals surface area contributed by atoms with Crippen LogP contribution in [-0.2, 0) is 0 Å². The number of aliphatic hydroxyl groups is 1. The molecular weight excluding hydrogens is 338 g/mol. The number of halogens is 2. The fourth-order valence-corrected chi connectivity index (χ4v) is 2.85. The maximum Gasteiger partial charge on any atom is 0.112 e. The molecule has 0 bridgehead atoms. The van der Waals surface area contributed by atoms with Crippen LogP contribution in [0.25, 0.3) is 10.9 Å². The Morgan fingerprint density at radius 3 is 2.55 bits per heavy atom. The van der Waals surface area contributed by atoms with Gasteiger partial charge in [0.1, 0.15) is 10.7 Å². The normalized spacial score (nSPS) is 12.6. The van der Waals surface area contributed by atoms with Gasteiger partial charge in [-0.25, -0.2) is 4.98 Å². The molecule has 3 rings (SSSR count). The lowest BCUT2D eigenvalue weighted by Gasteiger charge is -2.14. The summed E-state index contributed by atoms with van der Waals surface area (Å²) in [5.41, 5.74) is 2.40. The Morgan fingerprint density at radius 2 is 1.80 bits per heavy atom. The number of rotatable bonds is 2.